The van der Waals surface area contributed by atoms with Crippen LogP contribution in [0.15, 0.2) is 0 Å². The molecule has 1 rings (SSSR count). The number of aliphatic hydroxyl groups excluding tert-OH is 1. The third-order valence-electron chi connectivity index (χ3n) is 3.20. The molecule has 1 aliphatic carbocycles. The summed E-state index contributed by atoms with van der Waals surface area (Å²) in [4.78, 5) is 0. The van der Waals surface area contributed by atoms with E-state index in [4.69, 9.17) is 0 Å². The van der Waals surface area contributed by atoms with Crippen LogP contribution in [0.25, 0.3) is 0 Å². The average Bonchev–Trinajstić information content (AvgIpc) is 2.15. The van der Waals surface area contributed by atoms with Crippen LogP contribution in [0.4, 0.5) is 13.2 Å². The molecule has 4 heteroatoms. The highest BCUT2D eigenvalue weighted by Gasteiger charge is 2.42. The molecule has 1 unspecified atom stereocenters. The minimum atomic E-state index is -4.04. The van der Waals surface area contributed by atoms with Gasteiger partial charge in [0.15, 0.2) is 0 Å². The standard InChI is InChI=1S/C10H17F3O/c1-2-9(14)7-3-5-8(6-4-7)10(11,12)13/h7-9,14H,2-6H2,1H3. The highest BCUT2D eigenvalue weighted by Crippen LogP contribution is 2.40. The molecule has 0 heterocycles. The van der Waals surface area contributed by atoms with E-state index in [0.717, 1.165) is 0 Å². The fraction of sp³-hybridized carbons (Fsp3) is 1.00. The van der Waals surface area contributed by atoms with Crippen LogP contribution in [0, 0.1) is 11.8 Å². The minimum absolute atomic E-state index is 0.0820. The molecular formula is C10H17F3O. The maximum Gasteiger partial charge on any atom is 0.391 e. The Balaban J connectivity index is 2.39. The van der Waals surface area contributed by atoms with Crippen LogP contribution in [0.5, 0.6) is 0 Å². The number of hydrogen-bond acceptors (Lipinski definition) is 1. The molecule has 14 heavy (non-hydrogen) atoms. The SMILES string of the molecule is CCC(O)C1CCC(C(F)(F)F)CC1. The lowest BCUT2D eigenvalue weighted by Gasteiger charge is -2.32. The summed E-state index contributed by atoms with van der Waals surface area (Å²) in [7, 11) is 0. The smallest absolute Gasteiger partial charge is 0.391 e. The van der Waals surface area contributed by atoms with Gasteiger partial charge in [-0.25, -0.2) is 0 Å². The lowest BCUT2D eigenvalue weighted by Crippen LogP contribution is -2.31. The highest BCUT2D eigenvalue weighted by molar-refractivity contribution is 4.80. The van der Waals surface area contributed by atoms with Gasteiger partial charge < -0.3 is 5.11 Å². The quantitative estimate of drug-likeness (QED) is 0.742. The molecule has 1 atom stereocenters. The zero-order valence-electron chi connectivity index (χ0n) is 8.35. The lowest BCUT2D eigenvalue weighted by molar-refractivity contribution is -0.185. The van der Waals surface area contributed by atoms with E-state index in [9.17, 15) is 18.3 Å². The van der Waals surface area contributed by atoms with Crippen LogP contribution in [0.3, 0.4) is 0 Å². The van der Waals surface area contributed by atoms with Crippen LogP contribution >= 0.6 is 0 Å². The molecule has 0 aromatic heterocycles. The van der Waals surface area contributed by atoms with E-state index >= 15 is 0 Å². The van der Waals surface area contributed by atoms with E-state index in [2.05, 4.69) is 0 Å². The predicted molar refractivity (Wildman–Crippen MR) is 47.8 cm³/mol. The Bertz CT molecular complexity index is 171. The molecule has 1 aliphatic rings. The Labute approximate surface area is 82.3 Å². The first-order valence-corrected chi connectivity index (χ1v) is 5.20. The number of hydrogen-bond donors (Lipinski definition) is 1. The highest BCUT2D eigenvalue weighted by atomic mass is 19.4. The molecule has 1 nitrogen and oxygen atoms in total. The van der Waals surface area contributed by atoms with Crippen LogP contribution < -0.4 is 0 Å². The van der Waals surface area contributed by atoms with Crippen molar-refractivity contribution in [2.45, 2.75) is 51.3 Å². The maximum absolute atomic E-state index is 12.3. The van der Waals surface area contributed by atoms with Crippen molar-refractivity contribution in [1.82, 2.24) is 0 Å². The molecule has 0 spiro atoms. The number of halogens is 3. The first kappa shape index (κ1) is 11.8. The predicted octanol–water partition coefficient (Wildman–Crippen LogP) is 3.13. The molecule has 0 amide bonds. The van der Waals surface area contributed by atoms with Crippen LogP contribution in [-0.4, -0.2) is 17.4 Å². The summed E-state index contributed by atoms with van der Waals surface area (Å²) in [5.74, 6) is -1.05. The van der Waals surface area contributed by atoms with Gasteiger partial charge in [-0.05, 0) is 38.0 Å². The summed E-state index contributed by atoms with van der Waals surface area (Å²) < 4.78 is 36.9. The van der Waals surface area contributed by atoms with Crippen molar-refractivity contribution < 1.29 is 18.3 Å². The molecule has 0 aromatic carbocycles. The molecule has 0 aliphatic heterocycles. The van der Waals surface area contributed by atoms with Gasteiger partial charge in [-0.15, -0.1) is 0 Å². The zero-order valence-corrected chi connectivity index (χ0v) is 8.35. The molecular weight excluding hydrogens is 193 g/mol. The fourth-order valence-electron chi connectivity index (χ4n) is 2.16. The van der Waals surface area contributed by atoms with E-state index in [1.807, 2.05) is 6.92 Å². The molecule has 0 bridgehead atoms. The van der Waals surface area contributed by atoms with Crippen molar-refractivity contribution in [2.75, 3.05) is 0 Å². The number of alkyl halides is 3. The Morgan fingerprint density at radius 1 is 1.21 bits per heavy atom. The van der Waals surface area contributed by atoms with E-state index in [0.29, 0.717) is 19.3 Å². The van der Waals surface area contributed by atoms with Crippen LogP contribution in [0.1, 0.15) is 39.0 Å². The molecule has 0 aromatic rings. The first-order valence-electron chi connectivity index (χ1n) is 5.20. The van der Waals surface area contributed by atoms with E-state index in [-0.39, 0.29) is 18.8 Å². The van der Waals surface area contributed by atoms with E-state index in [1.54, 1.807) is 0 Å². The largest absolute Gasteiger partial charge is 0.393 e. The zero-order chi connectivity index (χ0) is 10.8. The molecule has 84 valence electrons. The second kappa shape index (κ2) is 4.51. The van der Waals surface area contributed by atoms with Gasteiger partial charge in [0.05, 0.1) is 12.0 Å². The molecule has 0 radical (unpaired) electrons. The Morgan fingerprint density at radius 3 is 2.07 bits per heavy atom. The summed E-state index contributed by atoms with van der Waals surface area (Å²) in [6.45, 7) is 1.86. The molecule has 1 saturated carbocycles. The Kier molecular flexibility index (Phi) is 3.81. The van der Waals surface area contributed by atoms with Crippen LogP contribution in [0.2, 0.25) is 0 Å². The third-order valence-corrected chi connectivity index (χ3v) is 3.20. The Morgan fingerprint density at radius 2 is 1.71 bits per heavy atom. The summed E-state index contributed by atoms with van der Waals surface area (Å²) in [6, 6.07) is 0. The van der Waals surface area contributed by atoms with Crippen LogP contribution in [-0.2, 0) is 0 Å². The summed E-state index contributed by atoms with van der Waals surface area (Å²) in [5.41, 5.74) is 0. The van der Waals surface area contributed by atoms with Gasteiger partial charge >= 0.3 is 6.18 Å². The second-order valence-electron chi connectivity index (χ2n) is 4.13. The maximum atomic E-state index is 12.3. The third kappa shape index (κ3) is 2.87. The van der Waals surface area contributed by atoms with Gasteiger partial charge in [0.1, 0.15) is 0 Å². The van der Waals surface area contributed by atoms with Gasteiger partial charge in [-0.3, -0.25) is 0 Å². The van der Waals surface area contributed by atoms with Crippen molar-refractivity contribution in [3.8, 4) is 0 Å². The Hall–Kier alpha value is -0.250. The second-order valence-corrected chi connectivity index (χ2v) is 4.13. The van der Waals surface area contributed by atoms with Crippen molar-refractivity contribution in [3.05, 3.63) is 0 Å². The lowest BCUT2D eigenvalue weighted by atomic mass is 9.78. The van der Waals surface area contributed by atoms with Gasteiger partial charge in [0.2, 0.25) is 0 Å². The monoisotopic (exact) mass is 210 g/mol. The van der Waals surface area contributed by atoms with Gasteiger partial charge in [0.25, 0.3) is 0 Å². The normalized spacial score (nSPS) is 31.5. The van der Waals surface area contributed by atoms with E-state index in [1.165, 1.54) is 0 Å². The summed E-state index contributed by atoms with van der Waals surface area (Å²) >= 11 is 0. The van der Waals surface area contributed by atoms with Crippen molar-refractivity contribution in [1.29, 1.82) is 0 Å². The van der Waals surface area contributed by atoms with Crippen molar-refractivity contribution in [2.24, 2.45) is 11.8 Å². The first-order chi connectivity index (χ1) is 6.45. The van der Waals surface area contributed by atoms with Crippen molar-refractivity contribution in [3.63, 3.8) is 0 Å². The molecule has 0 saturated heterocycles. The minimum Gasteiger partial charge on any atom is -0.393 e. The number of aliphatic hydroxyl groups is 1. The summed E-state index contributed by atoms with van der Waals surface area (Å²) in [5, 5.41) is 9.49. The summed E-state index contributed by atoms with van der Waals surface area (Å²) in [6.07, 6.45) is -2.41. The topological polar surface area (TPSA) is 20.2 Å². The average molecular weight is 210 g/mol. The van der Waals surface area contributed by atoms with Gasteiger partial charge in [-0.1, -0.05) is 6.92 Å². The molecule has 1 fully saturated rings. The van der Waals surface area contributed by atoms with E-state index < -0.39 is 18.2 Å². The van der Waals surface area contributed by atoms with Gasteiger partial charge in [-0.2, -0.15) is 13.2 Å². The molecule has 1 N–H and O–H groups in total. The fourth-order valence-corrected chi connectivity index (χ4v) is 2.16. The number of rotatable bonds is 2. The van der Waals surface area contributed by atoms with Crippen molar-refractivity contribution >= 4 is 0 Å². The van der Waals surface area contributed by atoms with Gasteiger partial charge in [0, 0.05) is 0 Å².